The van der Waals surface area contributed by atoms with Crippen LogP contribution in [0, 0.1) is 0 Å². The molecule has 0 aliphatic heterocycles. The summed E-state index contributed by atoms with van der Waals surface area (Å²) in [5.74, 6) is 0. The third-order valence-corrected chi connectivity index (χ3v) is 3.81. The summed E-state index contributed by atoms with van der Waals surface area (Å²) in [7, 11) is 0. The first-order chi connectivity index (χ1) is 10.1. The van der Waals surface area contributed by atoms with Gasteiger partial charge in [-0.2, -0.15) is 0 Å². The molecule has 1 unspecified atom stereocenters. The Labute approximate surface area is 128 Å². The van der Waals surface area contributed by atoms with E-state index in [0.717, 1.165) is 18.7 Å². The quantitative estimate of drug-likeness (QED) is 0.861. The number of nitrogens with zero attached hydrogens (tertiary/aromatic N) is 1. The lowest BCUT2D eigenvalue weighted by Gasteiger charge is -2.26. The second-order valence-corrected chi connectivity index (χ2v) is 5.90. The minimum absolute atomic E-state index is 0.399. The highest BCUT2D eigenvalue weighted by Gasteiger charge is 2.11. The molecule has 0 radical (unpaired) electrons. The SMILES string of the molecule is CC(O)c1ccc(CN(Cc2ccccc2)C(C)C)cc1. The van der Waals surface area contributed by atoms with Crippen molar-refractivity contribution in [3.8, 4) is 0 Å². The van der Waals surface area contributed by atoms with E-state index in [0.29, 0.717) is 6.04 Å². The van der Waals surface area contributed by atoms with Crippen molar-refractivity contribution in [1.29, 1.82) is 0 Å². The standard InChI is InChI=1S/C19H25NO/c1-15(2)20(13-17-7-5-4-6-8-17)14-18-9-11-19(12-10-18)16(3)21/h4-12,15-16,21H,13-14H2,1-3H3. The molecule has 0 heterocycles. The van der Waals surface area contributed by atoms with Crippen molar-refractivity contribution in [3.63, 3.8) is 0 Å². The van der Waals surface area contributed by atoms with Gasteiger partial charge in [-0.25, -0.2) is 0 Å². The van der Waals surface area contributed by atoms with E-state index >= 15 is 0 Å². The van der Waals surface area contributed by atoms with Gasteiger partial charge in [-0.3, -0.25) is 4.90 Å². The molecule has 0 aliphatic carbocycles. The number of rotatable bonds is 6. The highest BCUT2D eigenvalue weighted by molar-refractivity contribution is 5.24. The van der Waals surface area contributed by atoms with Crippen molar-refractivity contribution < 1.29 is 5.11 Å². The Morgan fingerprint density at radius 2 is 1.33 bits per heavy atom. The predicted octanol–water partition coefficient (Wildman–Crippen LogP) is 4.15. The van der Waals surface area contributed by atoms with E-state index in [1.54, 1.807) is 6.92 Å². The molecule has 0 aromatic heterocycles. The van der Waals surface area contributed by atoms with Crippen LogP contribution in [0.2, 0.25) is 0 Å². The summed E-state index contributed by atoms with van der Waals surface area (Å²) in [5, 5.41) is 9.57. The fourth-order valence-electron chi connectivity index (χ4n) is 2.38. The van der Waals surface area contributed by atoms with Crippen molar-refractivity contribution >= 4 is 0 Å². The van der Waals surface area contributed by atoms with Crippen molar-refractivity contribution in [2.24, 2.45) is 0 Å². The molecule has 0 fully saturated rings. The van der Waals surface area contributed by atoms with Crippen LogP contribution >= 0.6 is 0 Å². The summed E-state index contributed by atoms with van der Waals surface area (Å²) in [5.41, 5.74) is 3.59. The summed E-state index contributed by atoms with van der Waals surface area (Å²) in [6.07, 6.45) is -0.399. The third kappa shape index (κ3) is 4.69. The van der Waals surface area contributed by atoms with Gasteiger partial charge in [0.15, 0.2) is 0 Å². The lowest BCUT2D eigenvalue weighted by Crippen LogP contribution is -2.29. The van der Waals surface area contributed by atoms with E-state index in [4.69, 9.17) is 0 Å². The highest BCUT2D eigenvalue weighted by atomic mass is 16.3. The molecule has 2 nitrogen and oxygen atoms in total. The summed E-state index contributed by atoms with van der Waals surface area (Å²) < 4.78 is 0. The Kier molecular flexibility index (Phi) is 5.54. The van der Waals surface area contributed by atoms with Crippen LogP contribution < -0.4 is 0 Å². The molecule has 0 aliphatic rings. The molecular formula is C19H25NO. The maximum atomic E-state index is 9.57. The molecule has 0 amide bonds. The Hall–Kier alpha value is -1.64. The van der Waals surface area contributed by atoms with Crippen molar-refractivity contribution in [3.05, 3.63) is 71.3 Å². The van der Waals surface area contributed by atoms with Gasteiger partial charge in [0, 0.05) is 19.1 Å². The van der Waals surface area contributed by atoms with E-state index in [9.17, 15) is 5.11 Å². The molecule has 2 rings (SSSR count). The number of hydrogen-bond donors (Lipinski definition) is 1. The Morgan fingerprint density at radius 3 is 1.81 bits per heavy atom. The Morgan fingerprint density at radius 1 is 0.810 bits per heavy atom. The van der Waals surface area contributed by atoms with Crippen LogP contribution in [0.4, 0.5) is 0 Å². The zero-order valence-corrected chi connectivity index (χ0v) is 13.2. The van der Waals surface area contributed by atoms with E-state index in [-0.39, 0.29) is 0 Å². The minimum atomic E-state index is -0.399. The molecule has 2 aromatic rings. The summed E-state index contributed by atoms with van der Waals surface area (Å²) in [6.45, 7) is 8.13. The molecule has 21 heavy (non-hydrogen) atoms. The normalized spacial score (nSPS) is 12.9. The second kappa shape index (κ2) is 7.39. The van der Waals surface area contributed by atoms with Crippen LogP contribution in [0.5, 0.6) is 0 Å². The molecule has 0 spiro atoms. The largest absolute Gasteiger partial charge is 0.389 e. The highest BCUT2D eigenvalue weighted by Crippen LogP contribution is 2.16. The fourth-order valence-corrected chi connectivity index (χ4v) is 2.38. The third-order valence-electron chi connectivity index (χ3n) is 3.81. The van der Waals surface area contributed by atoms with Gasteiger partial charge in [-0.05, 0) is 37.5 Å². The van der Waals surface area contributed by atoms with Gasteiger partial charge in [0.2, 0.25) is 0 Å². The average molecular weight is 283 g/mol. The number of hydrogen-bond acceptors (Lipinski definition) is 2. The van der Waals surface area contributed by atoms with Gasteiger partial charge in [-0.15, -0.1) is 0 Å². The molecule has 0 saturated carbocycles. The first-order valence-electron chi connectivity index (χ1n) is 7.61. The zero-order valence-electron chi connectivity index (χ0n) is 13.2. The van der Waals surface area contributed by atoms with Gasteiger partial charge >= 0.3 is 0 Å². The maximum absolute atomic E-state index is 9.57. The number of aliphatic hydroxyl groups is 1. The molecule has 1 N–H and O–H groups in total. The monoisotopic (exact) mass is 283 g/mol. The first-order valence-corrected chi connectivity index (χ1v) is 7.61. The molecule has 2 heteroatoms. The average Bonchev–Trinajstić information content (AvgIpc) is 2.48. The lowest BCUT2D eigenvalue weighted by atomic mass is 10.1. The van der Waals surface area contributed by atoms with Gasteiger partial charge in [0.25, 0.3) is 0 Å². The summed E-state index contributed by atoms with van der Waals surface area (Å²) >= 11 is 0. The van der Waals surface area contributed by atoms with Crippen LogP contribution in [-0.2, 0) is 13.1 Å². The number of benzene rings is 2. The van der Waals surface area contributed by atoms with Crippen LogP contribution in [-0.4, -0.2) is 16.0 Å². The smallest absolute Gasteiger partial charge is 0.0761 e. The zero-order chi connectivity index (χ0) is 15.2. The summed E-state index contributed by atoms with van der Waals surface area (Å²) in [6, 6.07) is 19.3. The predicted molar refractivity (Wildman–Crippen MR) is 87.9 cm³/mol. The first kappa shape index (κ1) is 15.7. The van der Waals surface area contributed by atoms with Crippen molar-refractivity contribution in [2.75, 3.05) is 0 Å². The second-order valence-electron chi connectivity index (χ2n) is 5.90. The van der Waals surface area contributed by atoms with Gasteiger partial charge in [0.05, 0.1) is 6.10 Å². The lowest BCUT2D eigenvalue weighted by molar-refractivity contribution is 0.198. The van der Waals surface area contributed by atoms with Crippen LogP contribution in [0.1, 0.15) is 43.6 Å². The molecule has 112 valence electrons. The van der Waals surface area contributed by atoms with Crippen molar-refractivity contribution in [1.82, 2.24) is 4.90 Å². The Bertz CT molecular complexity index is 531. The number of aliphatic hydroxyl groups excluding tert-OH is 1. The van der Waals surface area contributed by atoms with Crippen LogP contribution in [0.3, 0.4) is 0 Å². The maximum Gasteiger partial charge on any atom is 0.0761 e. The van der Waals surface area contributed by atoms with Gasteiger partial charge < -0.3 is 5.11 Å². The fraction of sp³-hybridized carbons (Fsp3) is 0.368. The molecule has 0 bridgehead atoms. The minimum Gasteiger partial charge on any atom is -0.389 e. The molecular weight excluding hydrogens is 258 g/mol. The molecule has 2 aromatic carbocycles. The van der Waals surface area contributed by atoms with Crippen LogP contribution in [0.15, 0.2) is 54.6 Å². The Balaban J connectivity index is 2.06. The molecule has 1 atom stereocenters. The van der Waals surface area contributed by atoms with E-state index in [2.05, 4.69) is 61.2 Å². The van der Waals surface area contributed by atoms with E-state index in [1.807, 2.05) is 12.1 Å². The summed E-state index contributed by atoms with van der Waals surface area (Å²) in [4.78, 5) is 2.45. The van der Waals surface area contributed by atoms with Gasteiger partial charge in [-0.1, -0.05) is 54.6 Å². The van der Waals surface area contributed by atoms with Crippen molar-refractivity contribution in [2.45, 2.75) is 46.0 Å². The topological polar surface area (TPSA) is 23.5 Å². The van der Waals surface area contributed by atoms with E-state index in [1.165, 1.54) is 11.1 Å². The van der Waals surface area contributed by atoms with Crippen LogP contribution in [0.25, 0.3) is 0 Å². The van der Waals surface area contributed by atoms with E-state index < -0.39 is 6.10 Å². The molecule has 0 saturated heterocycles. The van der Waals surface area contributed by atoms with Gasteiger partial charge in [0.1, 0.15) is 0 Å².